The van der Waals surface area contributed by atoms with E-state index < -0.39 is 0 Å². The average Bonchev–Trinajstić information content (AvgIpc) is 2.48. The van der Waals surface area contributed by atoms with Gasteiger partial charge in [-0.2, -0.15) is 0 Å². The van der Waals surface area contributed by atoms with Gasteiger partial charge in [0.25, 0.3) is 0 Å². The molecule has 2 atom stereocenters. The standard InChI is InChI=1S/C10H14S2/c1-8(2)10-6-4-3-5-9(10)7-11-12-10/h3-6,8-9H,7H2,1-2H3. The van der Waals surface area contributed by atoms with Gasteiger partial charge < -0.3 is 0 Å². The normalized spacial score (nSPS) is 39.1. The summed E-state index contributed by atoms with van der Waals surface area (Å²) >= 11 is 0. The minimum atomic E-state index is 0.402. The molecule has 1 heterocycles. The highest BCUT2D eigenvalue weighted by Gasteiger charge is 2.44. The molecule has 0 nitrogen and oxygen atoms in total. The average molecular weight is 198 g/mol. The van der Waals surface area contributed by atoms with Gasteiger partial charge in [-0.15, -0.1) is 0 Å². The first-order valence-electron chi connectivity index (χ1n) is 4.42. The highest BCUT2D eigenvalue weighted by atomic mass is 33.1. The van der Waals surface area contributed by atoms with E-state index in [-0.39, 0.29) is 0 Å². The maximum absolute atomic E-state index is 2.40. The van der Waals surface area contributed by atoms with Crippen LogP contribution >= 0.6 is 21.6 Å². The van der Waals surface area contributed by atoms with Crippen LogP contribution in [0.2, 0.25) is 0 Å². The Bertz CT molecular complexity index is 230. The van der Waals surface area contributed by atoms with Gasteiger partial charge in [0.15, 0.2) is 0 Å². The number of rotatable bonds is 1. The third-order valence-electron chi connectivity index (χ3n) is 2.74. The molecule has 0 saturated carbocycles. The lowest BCUT2D eigenvalue weighted by Crippen LogP contribution is -2.35. The van der Waals surface area contributed by atoms with Crippen LogP contribution in [0.4, 0.5) is 0 Å². The molecule has 0 aromatic rings. The molecule has 0 spiro atoms. The van der Waals surface area contributed by atoms with Crippen molar-refractivity contribution in [3.8, 4) is 0 Å². The fourth-order valence-electron chi connectivity index (χ4n) is 1.88. The van der Waals surface area contributed by atoms with Crippen LogP contribution < -0.4 is 0 Å². The molecule has 1 aliphatic carbocycles. The number of hydrogen-bond donors (Lipinski definition) is 0. The van der Waals surface area contributed by atoms with Gasteiger partial charge in [0, 0.05) is 11.7 Å². The zero-order valence-corrected chi connectivity index (χ0v) is 9.12. The molecule has 12 heavy (non-hydrogen) atoms. The molecule has 1 aliphatic heterocycles. The quantitative estimate of drug-likeness (QED) is 0.591. The summed E-state index contributed by atoms with van der Waals surface area (Å²) in [7, 11) is 4.08. The van der Waals surface area contributed by atoms with E-state index in [0.29, 0.717) is 4.75 Å². The Morgan fingerprint density at radius 2 is 2.25 bits per heavy atom. The van der Waals surface area contributed by atoms with Crippen molar-refractivity contribution in [2.45, 2.75) is 18.6 Å². The van der Waals surface area contributed by atoms with E-state index >= 15 is 0 Å². The molecule has 1 fully saturated rings. The van der Waals surface area contributed by atoms with E-state index in [2.05, 4.69) is 48.9 Å². The van der Waals surface area contributed by atoms with Crippen molar-refractivity contribution in [1.29, 1.82) is 0 Å². The van der Waals surface area contributed by atoms with Crippen LogP contribution in [0.3, 0.4) is 0 Å². The molecule has 0 N–H and O–H groups in total. The Morgan fingerprint density at radius 1 is 1.42 bits per heavy atom. The van der Waals surface area contributed by atoms with Crippen molar-refractivity contribution in [3.05, 3.63) is 24.3 Å². The summed E-state index contributed by atoms with van der Waals surface area (Å²) in [5.41, 5.74) is 0. The maximum atomic E-state index is 2.40. The second-order valence-corrected chi connectivity index (χ2v) is 6.38. The van der Waals surface area contributed by atoms with Crippen molar-refractivity contribution in [3.63, 3.8) is 0 Å². The fourth-order valence-corrected chi connectivity index (χ4v) is 5.77. The third-order valence-corrected chi connectivity index (χ3v) is 6.18. The summed E-state index contributed by atoms with van der Waals surface area (Å²) in [5, 5.41) is 0. The largest absolute Gasteiger partial charge is 0.0926 e. The molecule has 2 rings (SSSR count). The second-order valence-electron chi connectivity index (χ2n) is 3.73. The molecule has 0 aromatic heterocycles. The van der Waals surface area contributed by atoms with Crippen LogP contribution in [0.25, 0.3) is 0 Å². The minimum absolute atomic E-state index is 0.402. The van der Waals surface area contributed by atoms with Crippen LogP contribution in [0.1, 0.15) is 13.8 Å². The second kappa shape index (κ2) is 3.15. The highest BCUT2D eigenvalue weighted by molar-refractivity contribution is 8.77. The molecule has 0 radical (unpaired) electrons. The van der Waals surface area contributed by atoms with Gasteiger partial charge in [-0.05, 0) is 5.92 Å². The summed E-state index contributed by atoms with van der Waals surface area (Å²) in [6.45, 7) is 4.66. The zero-order chi connectivity index (χ0) is 8.60. The van der Waals surface area contributed by atoms with Gasteiger partial charge in [-0.1, -0.05) is 59.7 Å². The number of fused-ring (bicyclic) bond motifs is 1. The van der Waals surface area contributed by atoms with Gasteiger partial charge >= 0.3 is 0 Å². The van der Waals surface area contributed by atoms with Crippen molar-refractivity contribution in [2.24, 2.45) is 11.8 Å². The van der Waals surface area contributed by atoms with Crippen LogP contribution in [0.15, 0.2) is 24.3 Å². The first kappa shape index (κ1) is 8.76. The Hall–Kier alpha value is 0.180. The minimum Gasteiger partial charge on any atom is -0.0926 e. The predicted octanol–water partition coefficient (Wildman–Crippen LogP) is 3.52. The van der Waals surface area contributed by atoms with Gasteiger partial charge in [-0.25, -0.2) is 0 Å². The lowest BCUT2D eigenvalue weighted by molar-refractivity contribution is 0.437. The topological polar surface area (TPSA) is 0 Å². The SMILES string of the molecule is CC(C)C12C=CC=CC1CSS2. The number of hydrogen-bond acceptors (Lipinski definition) is 2. The number of allylic oxidation sites excluding steroid dienone is 3. The first-order valence-corrected chi connectivity index (χ1v) is 6.74. The molecule has 66 valence electrons. The Balaban J connectivity index is 2.32. The van der Waals surface area contributed by atoms with E-state index in [1.54, 1.807) is 0 Å². The molecular weight excluding hydrogens is 184 g/mol. The molecule has 1 saturated heterocycles. The van der Waals surface area contributed by atoms with Crippen LogP contribution in [-0.4, -0.2) is 10.5 Å². The van der Waals surface area contributed by atoms with E-state index in [1.165, 1.54) is 5.75 Å². The molecule has 0 amide bonds. The van der Waals surface area contributed by atoms with Crippen molar-refractivity contribution >= 4 is 21.6 Å². The van der Waals surface area contributed by atoms with Gasteiger partial charge in [0.1, 0.15) is 0 Å². The summed E-state index contributed by atoms with van der Waals surface area (Å²) in [6.07, 6.45) is 9.16. The Kier molecular flexibility index (Phi) is 2.30. The van der Waals surface area contributed by atoms with Gasteiger partial charge in [-0.3, -0.25) is 0 Å². The monoisotopic (exact) mass is 198 g/mol. The molecule has 2 heteroatoms. The molecule has 0 bridgehead atoms. The molecule has 0 aromatic carbocycles. The van der Waals surface area contributed by atoms with Crippen molar-refractivity contribution in [1.82, 2.24) is 0 Å². The first-order chi connectivity index (χ1) is 5.76. The molecular formula is C10H14S2. The van der Waals surface area contributed by atoms with E-state index in [9.17, 15) is 0 Å². The van der Waals surface area contributed by atoms with E-state index in [4.69, 9.17) is 0 Å². The molecule has 2 unspecified atom stereocenters. The smallest absolute Gasteiger partial charge is 0.0539 e. The summed E-state index contributed by atoms with van der Waals surface area (Å²) < 4.78 is 0.402. The molecule has 2 aliphatic rings. The highest BCUT2D eigenvalue weighted by Crippen LogP contribution is 2.56. The summed E-state index contributed by atoms with van der Waals surface area (Å²) in [4.78, 5) is 0. The van der Waals surface area contributed by atoms with Crippen LogP contribution in [0.5, 0.6) is 0 Å². The zero-order valence-electron chi connectivity index (χ0n) is 7.49. The summed E-state index contributed by atoms with van der Waals surface area (Å²) in [6, 6.07) is 0. The van der Waals surface area contributed by atoms with Crippen molar-refractivity contribution < 1.29 is 0 Å². The Morgan fingerprint density at radius 3 is 2.92 bits per heavy atom. The lowest BCUT2D eigenvalue weighted by Gasteiger charge is -2.34. The van der Waals surface area contributed by atoms with Crippen LogP contribution in [-0.2, 0) is 0 Å². The van der Waals surface area contributed by atoms with E-state index in [1.807, 2.05) is 10.8 Å². The van der Waals surface area contributed by atoms with Crippen molar-refractivity contribution in [2.75, 3.05) is 5.75 Å². The van der Waals surface area contributed by atoms with Gasteiger partial charge in [0.05, 0.1) is 4.75 Å². The predicted molar refractivity (Wildman–Crippen MR) is 59.4 cm³/mol. The van der Waals surface area contributed by atoms with E-state index in [0.717, 1.165) is 11.8 Å². The Labute approximate surface area is 82.3 Å². The maximum Gasteiger partial charge on any atom is 0.0539 e. The fraction of sp³-hybridized carbons (Fsp3) is 0.600. The van der Waals surface area contributed by atoms with Crippen LogP contribution in [0, 0.1) is 11.8 Å². The third kappa shape index (κ3) is 1.16. The van der Waals surface area contributed by atoms with Gasteiger partial charge in [0.2, 0.25) is 0 Å². The summed E-state index contributed by atoms with van der Waals surface area (Å²) in [5.74, 6) is 2.78. The lowest BCUT2D eigenvalue weighted by atomic mass is 9.80.